The first-order valence-electron chi connectivity index (χ1n) is 6.70. The number of carbonyl (C=O) groups is 1. The second-order valence-electron chi connectivity index (χ2n) is 4.79. The number of halogens is 1. The summed E-state index contributed by atoms with van der Waals surface area (Å²) in [5.41, 5.74) is 1.58. The van der Waals surface area contributed by atoms with Crippen molar-refractivity contribution in [1.82, 2.24) is 9.78 Å². The van der Waals surface area contributed by atoms with Gasteiger partial charge in [0.1, 0.15) is 17.4 Å². The third-order valence-electron chi connectivity index (χ3n) is 3.00. The molecule has 118 valence electrons. The van der Waals surface area contributed by atoms with Gasteiger partial charge in [-0.25, -0.2) is 4.39 Å². The minimum atomic E-state index is -0.314. The Labute approximate surface area is 132 Å². The third-order valence-corrected chi connectivity index (χ3v) is 3.98. The molecule has 0 saturated carbocycles. The predicted octanol–water partition coefficient (Wildman–Crippen LogP) is 2.75. The van der Waals surface area contributed by atoms with Gasteiger partial charge in [-0.05, 0) is 25.1 Å². The fourth-order valence-corrected chi connectivity index (χ4v) is 2.83. The standard InChI is InChI=1S/C15H18FN3O2S/c1-10-6-14(19(2)18-10)17-15(20)9-22-8-11-7-12(16)4-5-13(11)21-3/h4-7H,8-9H2,1-3H3,(H,17,20). The zero-order valence-electron chi connectivity index (χ0n) is 12.7. The van der Waals surface area contributed by atoms with Crippen LogP contribution in [-0.4, -0.2) is 28.6 Å². The molecule has 0 spiro atoms. The number of hydrogen-bond acceptors (Lipinski definition) is 4. The molecule has 1 amide bonds. The van der Waals surface area contributed by atoms with Crippen LogP contribution in [0.2, 0.25) is 0 Å². The first-order chi connectivity index (χ1) is 10.5. The van der Waals surface area contributed by atoms with Crippen LogP contribution in [0.5, 0.6) is 5.75 Å². The number of carbonyl (C=O) groups excluding carboxylic acids is 1. The Balaban J connectivity index is 1.87. The summed E-state index contributed by atoms with van der Waals surface area (Å²) in [4.78, 5) is 11.9. The summed E-state index contributed by atoms with van der Waals surface area (Å²) < 4.78 is 20.0. The number of amides is 1. The fraction of sp³-hybridized carbons (Fsp3) is 0.333. The van der Waals surface area contributed by atoms with E-state index in [0.717, 1.165) is 11.3 Å². The maximum Gasteiger partial charge on any atom is 0.235 e. The zero-order chi connectivity index (χ0) is 16.1. The summed E-state index contributed by atoms with van der Waals surface area (Å²) in [7, 11) is 3.31. The molecule has 5 nitrogen and oxygen atoms in total. The normalized spacial score (nSPS) is 10.5. The number of aromatic nitrogens is 2. The predicted molar refractivity (Wildman–Crippen MR) is 85.7 cm³/mol. The summed E-state index contributed by atoms with van der Waals surface area (Å²) in [6.07, 6.45) is 0. The van der Waals surface area contributed by atoms with Gasteiger partial charge in [0, 0.05) is 24.4 Å². The maximum absolute atomic E-state index is 13.2. The van der Waals surface area contributed by atoms with Crippen molar-refractivity contribution in [2.24, 2.45) is 7.05 Å². The van der Waals surface area contributed by atoms with Crippen LogP contribution in [0.4, 0.5) is 10.2 Å². The molecule has 0 fully saturated rings. The van der Waals surface area contributed by atoms with Crippen molar-refractivity contribution in [1.29, 1.82) is 0 Å². The van der Waals surface area contributed by atoms with Gasteiger partial charge in [-0.3, -0.25) is 9.48 Å². The molecular weight excluding hydrogens is 305 g/mol. The number of hydrogen-bond donors (Lipinski definition) is 1. The highest BCUT2D eigenvalue weighted by atomic mass is 32.2. The molecule has 0 bridgehead atoms. The summed E-state index contributed by atoms with van der Waals surface area (Å²) in [5, 5.41) is 6.95. The van der Waals surface area contributed by atoms with E-state index in [1.54, 1.807) is 31.0 Å². The molecule has 2 aromatic rings. The summed E-state index contributed by atoms with van der Waals surface area (Å²) in [6, 6.07) is 6.17. The molecule has 1 aromatic carbocycles. The topological polar surface area (TPSA) is 56.1 Å². The lowest BCUT2D eigenvalue weighted by Crippen LogP contribution is -2.16. The van der Waals surface area contributed by atoms with Gasteiger partial charge in [-0.1, -0.05) is 0 Å². The number of ether oxygens (including phenoxy) is 1. The van der Waals surface area contributed by atoms with Crippen LogP contribution in [0, 0.1) is 12.7 Å². The van der Waals surface area contributed by atoms with Gasteiger partial charge in [0.25, 0.3) is 0 Å². The van der Waals surface area contributed by atoms with Crippen molar-refractivity contribution in [3.63, 3.8) is 0 Å². The van der Waals surface area contributed by atoms with E-state index in [9.17, 15) is 9.18 Å². The largest absolute Gasteiger partial charge is 0.496 e. The highest BCUT2D eigenvalue weighted by Crippen LogP contribution is 2.24. The molecule has 0 radical (unpaired) electrons. The van der Waals surface area contributed by atoms with Crippen LogP contribution in [0.3, 0.4) is 0 Å². The Morgan fingerprint density at radius 1 is 1.45 bits per heavy atom. The van der Waals surface area contributed by atoms with E-state index in [-0.39, 0.29) is 17.5 Å². The SMILES string of the molecule is COc1ccc(F)cc1CSCC(=O)Nc1cc(C)nn1C. The number of benzene rings is 1. The van der Waals surface area contributed by atoms with E-state index in [1.807, 2.05) is 6.92 Å². The van der Waals surface area contributed by atoms with E-state index >= 15 is 0 Å². The van der Waals surface area contributed by atoms with Gasteiger partial charge in [0.05, 0.1) is 18.6 Å². The molecule has 22 heavy (non-hydrogen) atoms. The van der Waals surface area contributed by atoms with Crippen molar-refractivity contribution >= 4 is 23.5 Å². The average molecular weight is 323 g/mol. The van der Waals surface area contributed by atoms with Crippen molar-refractivity contribution in [3.8, 4) is 5.75 Å². The monoisotopic (exact) mass is 323 g/mol. The molecule has 0 saturated heterocycles. The average Bonchev–Trinajstić information content (AvgIpc) is 2.77. The van der Waals surface area contributed by atoms with Crippen molar-refractivity contribution < 1.29 is 13.9 Å². The van der Waals surface area contributed by atoms with Gasteiger partial charge in [0.15, 0.2) is 0 Å². The molecule has 0 aliphatic rings. The van der Waals surface area contributed by atoms with Gasteiger partial charge >= 0.3 is 0 Å². The van der Waals surface area contributed by atoms with Gasteiger partial charge in [0.2, 0.25) is 5.91 Å². The minimum absolute atomic E-state index is 0.122. The maximum atomic E-state index is 13.2. The Bertz CT molecular complexity index is 673. The number of methoxy groups -OCH3 is 1. The first-order valence-corrected chi connectivity index (χ1v) is 7.85. The van der Waals surface area contributed by atoms with E-state index < -0.39 is 0 Å². The second-order valence-corrected chi connectivity index (χ2v) is 5.78. The Kier molecular flexibility index (Phi) is 5.43. The summed E-state index contributed by atoms with van der Waals surface area (Å²) >= 11 is 1.40. The molecular formula is C15H18FN3O2S. The van der Waals surface area contributed by atoms with Crippen molar-refractivity contribution in [2.45, 2.75) is 12.7 Å². The number of aryl methyl sites for hydroxylation is 2. The van der Waals surface area contributed by atoms with Crippen LogP contribution in [-0.2, 0) is 17.6 Å². The lowest BCUT2D eigenvalue weighted by Gasteiger charge is -2.08. The first kappa shape index (κ1) is 16.4. The number of anilines is 1. The zero-order valence-corrected chi connectivity index (χ0v) is 13.5. The molecule has 0 aliphatic heterocycles. The number of rotatable bonds is 6. The van der Waals surface area contributed by atoms with E-state index in [2.05, 4.69) is 10.4 Å². The number of thioether (sulfide) groups is 1. The molecule has 0 atom stereocenters. The molecule has 1 aromatic heterocycles. The van der Waals surface area contributed by atoms with Gasteiger partial charge in [-0.2, -0.15) is 5.10 Å². The highest BCUT2D eigenvalue weighted by molar-refractivity contribution is 7.99. The summed E-state index contributed by atoms with van der Waals surface area (Å²) in [5.74, 6) is 1.61. The Morgan fingerprint density at radius 2 is 2.23 bits per heavy atom. The summed E-state index contributed by atoms with van der Waals surface area (Å²) in [6.45, 7) is 1.86. The van der Waals surface area contributed by atoms with E-state index in [4.69, 9.17) is 4.74 Å². The quantitative estimate of drug-likeness (QED) is 0.888. The number of nitrogens with one attached hydrogen (secondary N) is 1. The highest BCUT2D eigenvalue weighted by Gasteiger charge is 2.09. The lowest BCUT2D eigenvalue weighted by molar-refractivity contribution is -0.113. The van der Waals surface area contributed by atoms with Crippen LogP contribution in [0.15, 0.2) is 24.3 Å². The van der Waals surface area contributed by atoms with Gasteiger partial charge in [-0.15, -0.1) is 11.8 Å². The van der Waals surface area contributed by atoms with E-state index in [1.165, 1.54) is 23.9 Å². The smallest absolute Gasteiger partial charge is 0.235 e. The van der Waals surface area contributed by atoms with E-state index in [0.29, 0.717) is 17.3 Å². The molecule has 1 heterocycles. The number of nitrogens with zero attached hydrogens (tertiary/aromatic N) is 2. The third kappa shape index (κ3) is 4.24. The van der Waals surface area contributed by atoms with Gasteiger partial charge < -0.3 is 10.1 Å². The molecule has 0 aliphatic carbocycles. The second kappa shape index (κ2) is 7.31. The van der Waals surface area contributed by atoms with Crippen LogP contribution < -0.4 is 10.1 Å². The van der Waals surface area contributed by atoms with Crippen molar-refractivity contribution in [3.05, 3.63) is 41.3 Å². The van der Waals surface area contributed by atoms with Crippen LogP contribution in [0.25, 0.3) is 0 Å². The molecule has 1 N–H and O–H groups in total. The van der Waals surface area contributed by atoms with Crippen LogP contribution >= 0.6 is 11.8 Å². The Hall–Kier alpha value is -2.02. The van der Waals surface area contributed by atoms with Crippen LogP contribution in [0.1, 0.15) is 11.3 Å². The van der Waals surface area contributed by atoms with Crippen molar-refractivity contribution in [2.75, 3.05) is 18.2 Å². The molecule has 0 unspecified atom stereocenters. The molecule has 7 heteroatoms. The molecule has 2 rings (SSSR count). The Morgan fingerprint density at radius 3 is 2.86 bits per heavy atom. The fourth-order valence-electron chi connectivity index (χ4n) is 2.02. The minimum Gasteiger partial charge on any atom is -0.496 e. The lowest BCUT2D eigenvalue weighted by atomic mass is 10.2.